The van der Waals surface area contributed by atoms with Gasteiger partial charge in [0.05, 0.1) is 5.69 Å². The fourth-order valence-electron chi connectivity index (χ4n) is 1.40. The van der Waals surface area contributed by atoms with Crippen molar-refractivity contribution in [1.82, 2.24) is 9.88 Å². The molecule has 0 saturated carbocycles. The van der Waals surface area contributed by atoms with Crippen LogP contribution in [0.5, 0.6) is 0 Å². The van der Waals surface area contributed by atoms with Crippen LogP contribution >= 0.6 is 0 Å². The first-order valence-electron chi connectivity index (χ1n) is 4.75. The van der Waals surface area contributed by atoms with E-state index in [1.165, 1.54) is 0 Å². The van der Waals surface area contributed by atoms with Gasteiger partial charge in [0.15, 0.2) is 6.29 Å². The Balaban J connectivity index is 2.95. The van der Waals surface area contributed by atoms with E-state index in [1.807, 2.05) is 33.3 Å². The first-order valence-corrected chi connectivity index (χ1v) is 4.75. The third kappa shape index (κ3) is 2.64. The predicted molar refractivity (Wildman–Crippen MR) is 56.4 cm³/mol. The molecular weight excluding hydrogens is 176 g/mol. The van der Waals surface area contributed by atoms with E-state index in [4.69, 9.17) is 0 Å². The van der Waals surface area contributed by atoms with Gasteiger partial charge in [0, 0.05) is 18.3 Å². The van der Waals surface area contributed by atoms with Gasteiger partial charge in [0.25, 0.3) is 0 Å². The zero-order chi connectivity index (χ0) is 10.6. The number of rotatable bonds is 4. The van der Waals surface area contributed by atoms with Crippen LogP contribution in [-0.2, 0) is 13.0 Å². The molecule has 0 radical (unpaired) electrons. The van der Waals surface area contributed by atoms with Crippen LogP contribution in [0.15, 0.2) is 12.3 Å². The van der Waals surface area contributed by atoms with Gasteiger partial charge in [-0.3, -0.25) is 9.78 Å². The SMILES string of the molecule is CCc1ncc(CN(C)C)cc1C=O. The lowest BCUT2D eigenvalue weighted by molar-refractivity contribution is 0.112. The van der Waals surface area contributed by atoms with Crippen molar-refractivity contribution < 1.29 is 4.79 Å². The third-order valence-electron chi connectivity index (χ3n) is 2.02. The second-order valence-corrected chi connectivity index (χ2v) is 3.59. The summed E-state index contributed by atoms with van der Waals surface area (Å²) < 4.78 is 0. The first kappa shape index (κ1) is 10.9. The number of aryl methyl sites for hydroxylation is 1. The molecule has 0 bridgehead atoms. The summed E-state index contributed by atoms with van der Waals surface area (Å²) in [5.41, 5.74) is 2.67. The Morgan fingerprint density at radius 1 is 1.50 bits per heavy atom. The fourth-order valence-corrected chi connectivity index (χ4v) is 1.40. The van der Waals surface area contributed by atoms with Gasteiger partial charge in [0.1, 0.15) is 0 Å². The maximum absolute atomic E-state index is 10.8. The van der Waals surface area contributed by atoms with Gasteiger partial charge >= 0.3 is 0 Å². The number of carbonyl (C=O) groups excluding carboxylic acids is 1. The van der Waals surface area contributed by atoms with Crippen LogP contribution < -0.4 is 0 Å². The number of aldehydes is 1. The maximum atomic E-state index is 10.8. The number of aromatic nitrogens is 1. The fraction of sp³-hybridized carbons (Fsp3) is 0.455. The summed E-state index contributed by atoms with van der Waals surface area (Å²) in [4.78, 5) is 17.1. The van der Waals surface area contributed by atoms with E-state index in [9.17, 15) is 4.79 Å². The van der Waals surface area contributed by atoms with Crippen LogP contribution in [0.1, 0.15) is 28.5 Å². The average molecular weight is 192 g/mol. The van der Waals surface area contributed by atoms with Gasteiger partial charge in [-0.2, -0.15) is 0 Å². The normalized spacial score (nSPS) is 10.6. The molecule has 0 fully saturated rings. The van der Waals surface area contributed by atoms with Crippen LogP contribution in [0.2, 0.25) is 0 Å². The number of nitrogens with zero attached hydrogens (tertiary/aromatic N) is 2. The Morgan fingerprint density at radius 2 is 2.21 bits per heavy atom. The molecular formula is C11H16N2O. The minimum Gasteiger partial charge on any atom is -0.305 e. The highest BCUT2D eigenvalue weighted by molar-refractivity contribution is 5.76. The van der Waals surface area contributed by atoms with Crippen molar-refractivity contribution in [3.63, 3.8) is 0 Å². The van der Waals surface area contributed by atoms with Gasteiger partial charge in [-0.1, -0.05) is 6.92 Å². The van der Waals surface area contributed by atoms with E-state index in [0.29, 0.717) is 5.56 Å². The van der Waals surface area contributed by atoms with Crippen molar-refractivity contribution in [2.75, 3.05) is 14.1 Å². The zero-order valence-electron chi connectivity index (χ0n) is 8.95. The molecule has 0 aliphatic rings. The zero-order valence-corrected chi connectivity index (χ0v) is 8.95. The molecule has 0 N–H and O–H groups in total. The Kier molecular flexibility index (Phi) is 3.77. The molecule has 3 heteroatoms. The topological polar surface area (TPSA) is 33.2 Å². The summed E-state index contributed by atoms with van der Waals surface area (Å²) in [7, 11) is 3.99. The Labute approximate surface area is 84.8 Å². The summed E-state index contributed by atoms with van der Waals surface area (Å²) in [5, 5.41) is 0. The molecule has 76 valence electrons. The maximum Gasteiger partial charge on any atom is 0.151 e. The molecule has 3 nitrogen and oxygen atoms in total. The van der Waals surface area contributed by atoms with Crippen molar-refractivity contribution in [2.24, 2.45) is 0 Å². The Hall–Kier alpha value is -1.22. The van der Waals surface area contributed by atoms with E-state index in [-0.39, 0.29) is 0 Å². The highest BCUT2D eigenvalue weighted by Gasteiger charge is 2.03. The van der Waals surface area contributed by atoms with Crippen LogP contribution in [0.3, 0.4) is 0 Å². The summed E-state index contributed by atoms with van der Waals surface area (Å²) in [6, 6.07) is 1.92. The number of hydrogen-bond donors (Lipinski definition) is 0. The summed E-state index contributed by atoms with van der Waals surface area (Å²) in [6.07, 6.45) is 3.52. The largest absolute Gasteiger partial charge is 0.305 e. The predicted octanol–water partition coefficient (Wildman–Crippen LogP) is 1.52. The Bertz CT molecular complexity index is 321. The molecule has 0 unspecified atom stereocenters. The first-order chi connectivity index (χ1) is 6.67. The molecule has 14 heavy (non-hydrogen) atoms. The molecule has 1 rings (SSSR count). The molecule has 0 amide bonds. The van der Waals surface area contributed by atoms with E-state index >= 15 is 0 Å². The number of hydrogen-bond acceptors (Lipinski definition) is 3. The minimum atomic E-state index is 0.715. The minimum absolute atomic E-state index is 0.715. The molecule has 0 aliphatic heterocycles. The smallest absolute Gasteiger partial charge is 0.151 e. The molecule has 1 aromatic rings. The highest BCUT2D eigenvalue weighted by atomic mass is 16.1. The van der Waals surface area contributed by atoms with Crippen molar-refractivity contribution in [3.05, 3.63) is 29.1 Å². The third-order valence-corrected chi connectivity index (χ3v) is 2.02. The molecule has 1 heterocycles. The van der Waals surface area contributed by atoms with E-state index in [0.717, 1.165) is 30.5 Å². The second-order valence-electron chi connectivity index (χ2n) is 3.59. The van der Waals surface area contributed by atoms with Gasteiger partial charge in [0.2, 0.25) is 0 Å². The van der Waals surface area contributed by atoms with Crippen LogP contribution in [0.4, 0.5) is 0 Å². The lowest BCUT2D eigenvalue weighted by Gasteiger charge is -2.10. The lowest BCUT2D eigenvalue weighted by Crippen LogP contribution is -2.11. The van der Waals surface area contributed by atoms with Gasteiger partial charge in [-0.05, 0) is 32.1 Å². The van der Waals surface area contributed by atoms with Crippen LogP contribution in [0, 0.1) is 0 Å². The van der Waals surface area contributed by atoms with Crippen molar-refractivity contribution in [2.45, 2.75) is 19.9 Å². The van der Waals surface area contributed by atoms with Crippen molar-refractivity contribution in [1.29, 1.82) is 0 Å². The molecule has 0 aromatic carbocycles. The van der Waals surface area contributed by atoms with Gasteiger partial charge < -0.3 is 4.90 Å². The van der Waals surface area contributed by atoms with Gasteiger partial charge in [-0.25, -0.2) is 0 Å². The number of pyridine rings is 1. The van der Waals surface area contributed by atoms with E-state index < -0.39 is 0 Å². The molecule has 1 aromatic heterocycles. The van der Waals surface area contributed by atoms with Gasteiger partial charge in [-0.15, -0.1) is 0 Å². The average Bonchev–Trinajstić information content (AvgIpc) is 2.16. The molecule has 0 spiro atoms. The van der Waals surface area contributed by atoms with E-state index in [1.54, 1.807) is 0 Å². The molecule has 0 aliphatic carbocycles. The summed E-state index contributed by atoms with van der Waals surface area (Å²) in [5.74, 6) is 0. The standard InChI is InChI=1S/C11H16N2O/c1-4-11-10(8-14)5-9(6-12-11)7-13(2)3/h5-6,8H,4,7H2,1-3H3. The summed E-state index contributed by atoms with van der Waals surface area (Å²) in [6.45, 7) is 2.82. The monoisotopic (exact) mass is 192 g/mol. The van der Waals surface area contributed by atoms with Crippen LogP contribution in [-0.4, -0.2) is 30.3 Å². The van der Waals surface area contributed by atoms with Crippen molar-refractivity contribution >= 4 is 6.29 Å². The summed E-state index contributed by atoms with van der Waals surface area (Å²) >= 11 is 0. The van der Waals surface area contributed by atoms with Crippen molar-refractivity contribution in [3.8, 4) is 0 Å². The second kappa shape index (κ2) is 4.86. The highest BCUT2D eigenvalue weighted by Crippen LogP contribution is 2.08. The molecule has 0 saturated heterocycles. The number of carbonyl (C=O) groups is 1. The van der Waals surface area contributed by atoms with Crippen LogP contribution in [0.25, 0.3) is 0 Å². The quantitative estimate of drug-likeness (QED) is 0.678. The van der Waals surface area contributed by atoms with E-state index in [2.05, 4.69) is 9.88 Å². The Morgan fingerprint density at radius 3 is 2.71 bits per heavy atom. The molecule has 0 atom stereocenters. The lowest BCUT2D eigenvalue weighted by atomic mass is 10.1.